The summed E-state index contributed by atoms with van der Waals surface area (Å²) in [4.78, 5) is 39.0. The highest BCUT2D eigenvalue weighted by molar-refractivity contribution is 6.04. The van der Waals surface area contributed by atoms with Gasteiger partial charge in [-0.15, -0.1) is 0 Å². The first kappa shape index (κ1) is 22.1. The Morgan fingerprint density at radius 1 is 1.10 bits per heavy atom. The number of rotatable bonds is 5. The molecule has 1 fully saturated rings. The minimum absolute atomic E-state index is 0.0184. The molecule has 0 radical (unpaired) electrons. The van der Waals surface area contributed by atoms with E-state index in [0.29, 0.717) is 5.39 Å². The second-order valence-corrected chi connectivity index (χ2v) is 8.41. The molecule has 1 aliphatic carbocycles. The smallest absolute Gasteiger partial charge is 0.302 e. The Labute approximate surface area is 177 Å². The van der Waals surface area contributed by atoms with E-state index in [-0.39, 0.29) is 36.1 Å². The fourth-order valence-electron chi connectivity index (χ4n) is 4.53. The predicted octanol–water partition coefficient (Wildman–Crippen LogP) is 4.51. The van der Waals surface area contributed by atoms with E-state index in [1.807, 2.05) is 36.9 Å². The van der Waals surface area contributed by atoms with Crippen LogP contribution in [0.4, 0.5) is 5.69 Å². The molecule has 1 aromatic heterocycles. The van der Waals surface area contributed by atoms with Crippen LogP contribution in [-0.4, -0.2) is 29.1 Å². The quantitative estimate of drug-likeness (QED) is 0.535. The first-order valence-electron chi connectivity index (χ1n) is 10.9. The maximum Gasteiger partial charge on any atom is 0.302 e. The molecule has 1 saturated carbocycles. The monoisotopic (exact) mass is 412 g/mol. The lowest BCUT2D eigenvalue weighted by Gasteiger charge is -2.32. The Kier molecular flexibility index (Phi) is 6.95. The zero-order chi connectivity index (χ0) is 21.8. The van der Waals surface area contributed by atoms with E-state index >= 15 is 0 Å². The molecule has 0 bridgehead atoms. The van der Waals surface area contributed by atoms with E-state index in [2.05, 4.69) is 0 Å². The second kappa shape index (κ2) is 9.45. The van der Waals surface area contributed by atoms with E-state index < -0.39 is 0 Å². The lowest BCUT2D eigenvalue weighted by atomic mass is 10.00. The average molecular weight is 413 g/mol. The largest absolute Gasteiger partial charge is 0.464 e. The predicted molar refractivity (Wildman–Crippen MR) is 119 cm³/mol. The van der Waals surface area contributed by atoms with Crippen molar-refractivity contribution in [3.8, 4) is 0 Å². The summed E-state index contributed by atoms with van der Waals surface area (Å²) < 4.78 is 6.67. The van der Waals surface area contributed by atoms with Crippen LogP contribution in [-0.2, 0) is 14.3 Å². The molecule has 30 heavy (non-hydrogen) atoms. The highest BCUT2D eigenvalue weighted by Crippen LogP contribution is 2.34. The van der Waals surface area contributed by atoms with E-state index in [1.54, 1.807) is 17.7 Å². The van der Waals surface area contributed by atoms with Crippen molar-refractivity contribution >= 4 is 28.3 Å². The minimum Gasteiger partial charge on any atom is -0.464 e. The van der Waals surface area contributed by atoms with Gasteiger partial charge in [0.2, 0.25) is 5.91 Å². The van der Waals surface area contributed by atoms with Crippen molar-refractivity contribution in [2.24, 2.45) is 0 Å². The fourth-order valence-corrected chi connectivity index (χ4v) is 4.53. The van der Waals surface area contributed by atoms with Gasteiger partial charge in [0.1, 0.15) is 6.61 Å². The summed E-state index contributed by atoms with van der Waals surface area (Å²) in [5.74, 6) is -0.348. The third-order valence-corrected chi connectivity index (χ3v) is 6.06. The standard InChI is InChI=1S/C24H32N2O4/c1-16-11-12-22-21(13-14-25(24(22)29)17(2)15-30-19(4)28)23(16)26(18(3)27)20-9-7-5-6-8-10-20/h11-14,17,20H,5-10,15H2,1-4H3/t17-/m1/s1. The number of pyridine rings is 1. The molecule has 162 valence electrons. The average Bonchev–Trinajstić information content (AvgIpc) is 2.97. The van der Waals surface area contributed by atoms with Gasteiger partial charge >= 0.3 is 5.97 Å². The third-order valence-electron chi connectivity index (χ3n) is 6.06. The number of esters is 1. The van der Waals surface area contributed by atoms with Crippen molar-refractivity contribution in [2.75, 3.05) is 11.5 Å². The van der Waals surface area contributed by atoms with Crippen LogP contribution in [0.1, 0.15) is 70.9 Å². The second-order valence-electron chi connectivity index (χ2n) is 8.41. The van der Waals surface area contributed by atoms with Gasteiger partial charge in [-0.2, -0.15) is 0 Å². The molecule has 6 heteroatoms. The summed E-state index contributed by atoms with van der Waals surface area (Å²) in [6.45, 7) is 6.95. The lowest BCUT2D eigenvalue weighted by Crippen LogP contribution is -2.39. The van der Waals surface area contributed by atoms with Crippen LogP contribution in [0.15, 0.2) is 29.2 Å². The maximum atomic E-state index is 13.2. The molecule has 1 aliphatic rings. The van der Waals surface area contributed by atoms with E-state index in [4.69, 9.17) is 4.74 Å². The number of aryl methyl sites for hydroxylation is 1. The van der Waals surface area contributed by atoms with Crippen LogP contribution in [0.3, 0.4) is 0 Å². The maximum absolute atomic E-state index is 13.2. The molecule has 1 aromatic carbocycles. The summed E-state index contributed by atoms with van der Waals surface area (Å²) in [5, 5.41) is 1.38. The Hall–Kier alpha value is -2.63. The van der Waals surface area contributed by atoms with E-state index in [0.717, 1.165) is 42.3 Å². The Morgan fingerprint density at radius 2 is 1.77 bits per heavy atom. The number of carbonyl (C=O) groups is 2. The molecule has 3 rings (SSSR count). The van der Waals surface area contributed by atoms with Crippen LogP contribution in [0.2, 0.25) is 0 Å². The van der Waals surface area contributed by atoms with Crippen molar-refractivity contribution in [3.63, 3.8) is 0 Å². The molecule has 0 spiro atoms. The highest BCUT2D eigenvalue weighted by atomic mass is 16.5. The topological polar surface area (TPSA) is 68.6 Å². The number of benzene rings is 1. The number of fused-ring (bicyclic) bond motifs is 1. The van der Waals surface area contributed by atoms with Gasteiger partial charge in [0, 0.05) is 36.9 Å². The number of carbonyl (C=O) groups excluding carboxylic acids is 2. The van der Waals surface area contributed by atoms with Crippen molar-refractivity contribution in [3.05, 3.63) is 40.3 Å². The Morgan fingerprint density at radius 3 is 2.37 bits per heavy atom. The molecule has 0 aliphatic heterocycles. The van der Waals surface area contributed by atoms with E-state index in [1.165, 1.54) is 19.8 Å². The zero-order valence-electron chi connectivity index (χ0n) is 18.4. The van der Waals surface area contributed by atoms with Crippen molar-refractivity contribution in [1.29, 1.82) is 0 Å². The van der Waals surface area contributed by atoms with Gasteiger partial charge in [0.15, 0.2) is 0 Å². The Balaban J connectivity index is 2.09. The minimum atomic E-state index is -0.367. The summed E-state index contributed by atoms with van der Waals surface area (Å²) in [5.41, 5.74) is 1.70. The normalized spacial score (nSPS) is 16.1. The molecule has 1 heterocycles. The van der Waals surface area contributed by atoms with Gasteiger partial charge in [0.25, 0.3) is 5.56 Å². The molecule has 2 aromatic rings. The zero-order valence-corrected chi connectivity index (χ0v) is 18.4. The highest BCUT2D eigenvalue weighted by Gasteiger charge is 2.27. The SMILES string of the molecule is CC(=O)OC[C@@H](C)n1ccc2c(N(C(C)=O)C3CCCCCC3)c(C)ccc2c1=O. The third kappa shape index (κ3) is 4.58. The number of ether oxygens (including phenoxy) is 1. The molecule has 0 unspecified atom stereocenters. The van der Waals surface area contributed by atoms with Crippen LogP contribution in [0, 0.1) is 6.92 Å². The summed E-state index contributed by atoms with van der Waals surface area (Å²) in [7, 11) is 0. The number of aromatic nitrogens is 1. The van der Waals surface area contributed by atoms with Crippen molar-refractivity contribution < 1.29 is 14.3 Å². The van der Waals surface area contributed by atoms with E-state index in [9.17, 15) is 14.4 Å². The van der Waals surface area contributed by atoms with Crippen LogP contribution < -0.4 is 10.5 Å². The summed E-state index contributed by atoms with van der Waals surface area (Å²) in [6.07, 6.45) is 8.39. The molecule has 0 N–H and O–H groups in total. The van der Waals surface area contributed by atoms with Gasteiger partial charge < -0.3 is 14.2 Å². The van der Waals surface area contributed by atoms with Gasteiger partial charge in [-0.25, -0.2) is 0 Å². The molecule has 0 saturated heterocycles. The van der Waals surface area contributed by atoms with Crippen molar-refractivity contribution in [1.82, 2.24) is 4.57 Å². The Bertz CT molecular complexity index is 987. The van der Waals surface area contributed by atoms with Gasteiger partial charge in [-0.05, 0) is 44.4 Å². The summed E-state index contributed by atoms with van der Waals surface area (Å²) in [6, 6.07) is 5.56. The number of anilines is 1. The van der Waals surface area contributed by atoms with Crippen LogP contribution in [0.25, 0.3) is 10.8 Å². The lowest BCUT2D eigenvalue weighted by molar-refractivity contribution is -0.142. The molecule has 1 atom stereocenters. The van der Waals surface area contributed by atoms with Gasteiger partial charge in [-0.3, -0.25) is 14.4 Å². The van der Waals surface area contributed by atoms with Gasteiger partial charge in [-0.1, -0.05) is 31.7 Å². The first-order chi connectivity index (χ1) is 14.3. The molecule has 1 amide bonds. The number of hydrogen-bond acceptors (Lipinski definition) is 4. The summed E-state index contributed by atoms with van der Waals surface area (Å²) >= 11 is 0. The first-order valence-corrected chi connectivity index (χ1v) is 10.9. The van der Waals surface area contributed by atoms with Crippen LogP contribution >= 0.6 is 0 Å². The number of amides is 1. The fraction of sp³-hybridized carbons (Fsp3) is 0.542. The number of hydrogen-bond donors (Lipinski definition) is 0. The molecular formula is C24H32N2O4. The van der Waals surface area contributed by atoms with Crippen molar-refractivity contribution in [2.45, 2.75) is 78.3 Å². The number of nitrogens with zero attached hydrogens (tertiary/aromatic N) is 2. The molecular weight excluding hydrogens is 380 g/mol. The van der Waals surface area contributed by atoms with Gasteiger partial charge in [0.05, 0.1) is 11.7 Å². The molecule has 6 nitrogen and oxygen atoms in total. The van der Waals surface area contributed by atoms with Crippen LogP contribution in [0.5, 0.6) is 0 Å².